The molecule has 0 atom stereocenters. The van der Waals surface area contributed by atoms with Gasteiger partial charge >= 0.3 is 0 Å². The Labute approximate surface area is 170 Å². The van der Waals surface area contributed by atoms with Crippen LogP contribution < -0.4 is 0 Å². The number of hydrogen-bond acceptors (Lipinski definition) is 2. The molecule has 0 aliphatic rings. The Balaban J connectivity index is 0.000000280. The molecule has 0 aromatic heterocycles. The molecule has 0 saturated carbocycles. The number of carbonyl (C=O) groups excluding carboxylic acids is 2. The third kappa shape index (κ3) is 7.98. The average molecular weight is 437 g/mol. The van der Waals surface area contributed by atoms with Crippen LogP contribution in [0.15, 0.2) is 36.4 Å². The van der Waals surface area contributed by atoms with E-state index in [0.29, 0.717) is 24.6 Å². The molecule has 2 nitrogen and oxygen atoms in total. The maximum atomic E-state index is 13.0. The van der Waals surface area contributed by atoms with Crippen LogP contribution in [0.1, 0.15) is 46.4 Å². The van der Waals surface area contributed by atoms with Crippen molar-refractivity contribution in [3.8, 4) is 0 Å². The van der Waals surface area contributed by atoms with Crippen molar-refractivity contribution in [2.24, 2.45) is 0 Å². The summed E-state index contributed by atoms with van der Waals surface area (Å²) < 4.78 is 51.4. The van der Waals surface area contributed by atoms with Crippen LogP contribution in [-0.2, 0) is 0 Å². The number of alkyl halides is 2. The van der Waals surface area contributed by atoms with Crippen LogP contribution in [-0.4, -0.2) is 23.3 Å². The zero-order valence-electron chi connectivity index (χ0n) is 14.8. The Morgan fingerprint density at radius 3 is 1.36 bits per heavy atom. The Morgan fingerprint density at radius 1 is 0.679 bits per heavy atom. The number of Topliss-reactive ketones (excluding diaryl/α,β-unsaturated/α-hetero) is 2. The number of carbonyl (C=O) groups is 2. The van der Waals surface area contributed by atoms with Crippen molar-refractivity contribution in [1.82, 2.24) is 0 Å². The third-order valence-electron chi connectivity index (χ3n) is 3.53. The molecule has 0 aliphatic heterocycles. The van der Waals surface area contributed by atoms with E-state index in [4.69, 9.17) is 23.2 Å². The van der Waals surface area contributed by atoms with Gasteiger partial charge in [0, 0.05) is 24.6 Å². The lowest BCUT2D eigenvalue weighted by Gasteiger charge is -2.01. The minimum Gasteiger partial charge on any atom is -0.294 e. The monoisotopic (exact) mass is 436 g/mol. The highest BCUT2D eigenvalue weighted by Gasteiger charge is 2.12. The molecule has 0 bridgehead atoms. The van der Waals surface area contributed by atoms with Crippen LogP contribution in [0.3, 0.4) is 0 Å². The molecule has 0 fully saturated rings. The largest absolute Gasteiger partial charge is 0.294 e. The molecule has 152 valence electrons. The van der Waals surface area contributed by atoms with Gasteiger partial charge in [0.2, 0.25) is 0 Å². The van der Waals surface area contributed by atoms with Crippen LogP contribution in [0.2, 0.25) is 0 Å². The highest BCUT2D eigenvalue weighted by molar-refractivity contribution is 6.18. The summed E-state index contributed by atoms with van der Waals surface area (Å²) in [7, 11) is 0. The molecule has 0 radical (unpaired) electrons. The van der Waals surface area contributed by atoms with Gasteiger partial charge in [-0.15, -0.1) is 23.2 Å². The van der Waals surface area contributed by atoms with Gasteiger partial charge in [0.25, 0.3) is 0 Å². The number of benzene rings is 2. The standard InChI is InChI=1S/2C10H9ClF2O/c2*11-5-1-2-10(14)8-6-7(12)3-4-9(8)13/h2*3-4,6H,1-2,5H2. The second-order valence-electron chi connectivity index (χ2n) is 5.68. The van der Waals surface area contributed by atoms with Crippen LogP contribution in [0.4, 0.5) is 17.6 Å². The maximum absolute atomic E-state index is 13.0. The summed E-state index contributed by atoms with van der Waals surface area (Å²) in [5.74, 6) is -2.76. The van der Waals surface area contributed by atoms with E-state index in [1.807, 2.05) is 0 Å². The fourth-order valence-corrected chi connectivity index (χ4v) is 2.41. The Hall–Kier alpha value is -1.92. The maximum Gasteiger partial charge on any atom is 0.165 e. The molecular weight excluding hydrogens is 419 g/mol. The molecule has 0 amide bonds. The Morgan fingerprint density at radius 2 is 1.04 bits per heavy atom. The lowest BCUT2D eigenvalue weighted by atomic mass is 10.1. The Bertz CT molecular complexity index is 745. The normalized spacial score (nSPS) is 10.2. The van der Waals surface area contributed by atoms with Gasteiger partial charge in [-0.3, -0.25) is 9.59 Å². The predicted molar refractivity (Wildman–Crippen MR) is 101 cm³/mol. The van der Waals surface area contributed by atoms with Gasteiger partial charge in [-0.1, -0.05) is 0 Å². The highest BCUT2D eigenvalue weighted by atomic mass is 35.5. The minimum absolute atomic E-state index is 0.143. The second kappa shape index (κ2) is 12.5. The predicted octanol–water partition coefficient (Wildman–Crippen LogP) is 6.33. The molecule has 0 saturated heterocycles. The van der Waals surface area contributed by atoms with Crippen molar-refractivity contribution in [2.75, 3.05) is 11.8 Å². The van der Waals surface area contributed by atoms with E-state index < -0.39 is 34.8 Å². The van der Waals surface area contributed by atoms with Crippen molar-refractivity contribution in [1.29, 1.82) is 0 Å². The van der Waals surface area contributed by atoms with Crippen molar-refractivity contribution in [3.63, 3.8) is 0 Å². The molecule has 8 heteroatoms. The molecule has 2 rings (SSSR count). The fourth-order valence-electron chi connectivity index (χ4n) is 2.15. The van der Waals surface area contributed by atoms with Crippen molar-refractivity contribution in [2.45, 2.75) is 25.7 Å². The molecular formula is C20H18Cl2F4O2. The third-order valence-corrected chi connectivity index (χ3v) is 4.07. The molecule has 0 unspecified atom stereocenters. The van der Waals surface area contributed by atoms with Gasteiger partial charge in [0.05, 0.1) is 11.1 Å². The zero-order chi connectivity index (χ0) is 21.1. The van der Waals surface area contributed by atoms with E-state index in [2.05, 4.69) is 0 Å². The summed E-state index contributed by atoms with van der Waals surface area (Å²) in [5.41, 5.74) is -0.398. The highest BCUT2D eigenvalue weighted by Crippen LogP contribution is 2.14. The fraction of sp³-hybridized carbons (Fsp3) is 0.300. The number of rotatable bonds is 8. The second-order valence-corrected chi connectivity index (χ2v) is 6.44. The minimum atomic E-state index is -0.689. The first-order valence-electron chi connectivity index (χ1n) is 8.38. The van der Waals surface area contributed by atoms with Gasteiger partial charge in [0.15, 0.2) is 11.6 Å². The van der Waals surface area contributed by atoms with E-state index >= 15 is 0 Å². The van der Waals surface area contributed by atoms with Crippen molar-refractivity contribution in [3.05, 3.63) is 70.8 Å². The topological polar surface area (TPSA) is 34.1 Å². The van der Waals surface area contributed by atoms with Gasteiger partial charge in [-0.2, -0.15) is 0 Å². The van der Waals surface area contributed by atoms with E-state index in [1.54, 1.807) is 0 Å². The molecule has 2 aromatic rings. The molecule has 0 spiro atoms. The number of ketones is 2. The van der Waals surface area contributed by atoms with E-state index in [0.717, 1.165) is 36.4 Å². The first-order chi connectivity index (χ1) is 13.3. The van der Waals surface area contributed by atoms with Crippen molar-refractivity contribution < 1.29 is 27.2 Å². The van der Waals surface area contributed by atoms with E-state index in [-0.39, 0.29) is 24.0 Å². The summed E-state index contributed by atoms with van der Waals surface area (Å²) in [6.45, 7) is 0. The van der Waals surface area contributed by atoms with E-state index in [9.17, 15) is 27.2 Å². The van der Waals surface area contributed by atoms with E-state index in [1.165, 1.54) is 0 Å². The summed E-state index contributed by atoms with van der Waals surface area (Å²) in [6.07, 6.45) is 1.22. The SMILES string of the molecule is O=C(CCCCl)c1cc(F)ccc1F.O=C(CCCCl)c1cc(F)ccc1F. The summed E-state index contributed by atoms with van der Waals surface area (Å²) in [4.78, 5) is 22.6. The molecule has 0 N–H and O–H groups in total. The molecule has 2 aromatic carbocycles. The summed E-state index contributed by atoms with van der Waals surface area (Å²) in [6, 6.07) is 5.67. The van der Waals surface area contributed by atoms with Gasteiger partial charge in [0.1, 0.15) is 23.3 Å². The van der Waals surface area contributed by atoms with Crippen LogP contribution in [0, 0.1) is 23.3 Å². The number of halogens is 6. The molecule has 0 aliphatic carbocycles. The summed E-state index contributed by atoms with van der Waals surface area (Å²) >= 11 is 10.8. The van der Waals surface area contributed by atoms with Crippen LogP contribution in [0.25, 0.3) is 0 Å². The van der Waals surface area contributed by atoms with Crippen molar-refractivity contribution >= 4 is 34.8 Å². The summed E-state index contributed by atoms with van der Waals surface area (Å²) in [5, 5.41) is 0. The zero-order valence-corrected chi connectivity index (χ0v) is 16.3. The lowest BCUT2D eigenvalue weighted by Crippen LogP contribution is -2.03. The van der Waals surface area contributed by atoms with Crippen LogP contribution in [0.5, 0.6) is 0 Å². The lowest BCUT2D eigenvalue weighted by molar-refractivity contribution is 0.0969. The Kier molecular flexibility index (Phi) is 10.8. The first-order valence-corrected chi connectivity index (χ1v) is 9.45. The smallest absolute Gasteiger partial charge is 0.165 e. The first kappa shape index (κ1) is 24.1. The van der Waals surface area contributed by atoms with Gasteiger partial charge in [-0.25, -0.2) is 17.6 Å². The quantitative estimate of drug-likeness (QED) is 0.275. The van der Waals surface area contributed by atoms with Gasteiger partial charge < -0.3 is 0 Å². The van der Waals surface area contributed by atoms with Gasteiger partial charge in [-0.05, 0) is 49.2 Å². The molecule has 28 heavy (non-hydrogen) atoms. The average Bonchev–Trinajstić information content (AvgIpc) is 2.68. The van der Waals surface area contributed by atoms with Crippen LogP contribution >= 0.6 is 23.2 Å². The number of hydrogen-bond donors (Lipinski definition) is 0. The molecule has 0 heterocycles.